The van der Waals surface area contributed by atoms with E-state index in [4.69, 9.17) is 0 Å². The van der Waals surface area contributed by atoms with Crippen LogP contribution in [0.1, 0.15) is 0 Å². The summed E-state index contributed by atoms with van der Waals surface area (Å²) in [5.41, 5.74) is 0.810. The number of hydrogen-bond donors (Lipinski definition) is 0. The number of aromatic nitrogens is 8. The second kappa shape index (κ2) is 17.7. The largest absolute Gasteiger partial charge is 0.264 e. The zero-order chi connectivity index (χ0) is 34.1. The molecule has 0 saturated heterocycles. The third kappa shape index (κ3) is 9.49. The first kappa shape index (κ1) is 32.9. The van der Waals surface area contributed by atoms with E-state index in [2.05, 4.69) is 88.6 Å². The van der Waals surface area contributed by atoms with Gasteiger partial charge in [-0.05, 0) is 64.7 Å². The van der Waals surface area contributed by atoms with Gasteiger partial charge >= 0.3 is 0 Å². The molecule has 7 heterocycles. The van der Waals surface area contributed by atoms with Crippen molar-refractivity contribution in [3.63, 3.8) is 0 Å². The molecule has 0 aliphatic carbocycles. The lowest BCUT2D eigenvalue weighted by atomic mass is 10.1. The minimum Gasteiger partial charge on any atom is -0.264 e. The molecule has 0 amide bonds. The first-order valence-electron chi connectivity index (χ1n) is 15.9. The monoisotopic (exact) mass is 648 g/mol. The van der Waals surface area contributed by atoms with Crippen LogP contribution in [0.15, 0.2) is 196 Å². The summed E-state index contributed by atoms with van der Waals surface area (Å²) < 4.78 is 0. The van der Waals surface area contributed by atoms with Gasteiger partial charge in [-0.3, -0.25) is 19.9 Å². The number of rotatable bonds is 0. The second-order valence-electron chi connectivity index (χ2n) is 10.7. The summed E-state index contributed by atoms with van der Waals surface area (Å²) in [6.07, 6.45) is 21.4. The van der Waals surface area contributed by atoms with E-state index in [-0.39, 0.29) is 0 Å². The van der Waals surface area contributed by atoms with Crippen molar-refractivity contribution >= 4 is 54.1 Å². The molecule has 0 bridgehead atoms. The van der Waals surface area contributed by atoms with Crippen LogP contribution in [0.3, 0.4) is 0 Å². The van der Waals surface area contributed by atoms with E-state index in [1.807, 2.05) is 97.6 Å². The van der Waals surface area contributed by atoms with Gasteiger partial charge in [0.25, 0.3) is 0 Å². The molecule has 0 N–H and O–H groups in total. The zero-order valence-electron chi connectivity index (χ0n) is 27.1. The maximum atomic E-state index is 4.07. The minimum absolute atomic E-state index is 0.810. The van der Waals surface area contributed by atoms with Crippen molar-refractivity contribution in [2.45, 2.75) is 0 Å². The van der Waals surface area contributed by atoms with E-state index >= 15 is 0 Å². The molecule has 0 spiro atoms. The van der Waals surface area contributed by atoms with E-state index < -0.39 is 0 Å². The van der Waals surface area contributed by atoms with E-state index in [0.717, 1.165) is 38.0 Å². The van der Waals surface area contributed by atoms with Crippen molar-refractivity contribution in [1.29, 1.82) is 0 Å². The maximum absolute atomic E-state index is 4.07. The third-order valence-corrected chi connectivity index (χ3v) is 7.37. The summed E-state index contributed by atoms with van der Waals surface area (Å²) in [6.45, 7) is 0. The lowest BCUT2D eigenvalue weighted by molar-refractivity contribution is 1.05. The molecule has 0 unspecified atom stereocenters. The normalized spacial score (nSPS) is 10.0. The number of benzene rings is 3. The SMILES string of the molecule is c1cc2ccncc2cn1.c1cc2cnccc2cn1.c1ccc2ccccc2c1.c1ccc2cnncc2c1.c1cnc2ncccc2c1. The fraction of sp³-hybridized carbons (Fsp3) is 0. The number of nitrogens with zero attached hydrogens (tertiary/aromatic N) is 8. The molecule has 0 radical (unpaired) electrons. The molecule has 240 valence electrons. The molecular formula is C42H32N8. The Kier molecular flexibility index (Phi) is 11.7. The Balaban J connectivity index is 0.000000108. The van der Waals surface area contributed by atoms with Crippen molar-refractivity contribution in [3.05, 3.63) is 196 Å². The summed E-state index contributed by atoms with van der Waals surface area (Å²) in [5, 5.41) is 18.1. The summed E-state index contributed by atoms with van der Waals surface area (Å²) in [7, 11) is 0. The van der Waals surface area contributed by atoms with Crippen LogP contribution in [-0.2, 0) is 0 Å². The second-order valence-corrected chi connectivity index (χ2v) is 10.7. The molecule has 8 nitrogen and oxygen atoms in total. The molecule has 10 aromatic rings. The fourth-order valence-electron chi connectivity index (χ4n) is 4.82. The fourth-order valence-corrected chi connectivity index (χ4v) is 4.82. The lowest BCUT2D eigenvalue weighted by Crippen LogP contribution is -1.78. The van der Waals surface area contributed by atoms with Gasteiger partial charge in [0.1, 0.15) is 0 Å². The van der Waals surface area contributed by atoms with Gasteiger partial charge in [0.15, 0.2) is 5.65 Å². The number of fused-ring (bicyclic) bond motifs is 5. The van der Waals surface area contributed by atoms with Crippen LogP contribution in [0.25, 0.3) is 54.1 Å². The Labute approximate surface area is 289 Å². The van der Waals surface area contributed by atoms with Crippen LogP contribution >= 0.6 is 0 Å². The minimum atomic E-state index is 0.810. The van der Waals surface area contributed by atoms with Gasteiger partial charge in [-0.2, -0.15) is 10.2 Å². The average Bonchev–Trinajstić information content (AvgIpc) is 3.22. The van der Waals surface area contributed by atoms with Crippen molar-refractivity contribution < 1.29 is 0 Å². The highest BCUT2D eigenvalue weighted by atomic mass is 15.1. The molecule has 10 rings (SSSR count). The Morgan fingerprint density at radius 2 is 0.560 bits per heavy atom. The zero-order valence-corrected chi connectivity index (χ0v) is 27.1. The molecule has 3 aromatic carbocycles. The Morgan fingerprint density at radius 3 is 0.960 bits per heavy atom. The number of pyridine rings is 6. The topological polar surface area (TPSA) is 103 Å². The van der Waals surface area contributed by atoms with Crippen LogP contribution in [0.4, 0.5) is 0 Å². The van der Waals surface area contributed by atoms with Crippen LogP contribution in [0.2, 0.25) is 0 Å². The average molecular weight is 649 g/mol. The Hall–Kier alpha value is -7.06. The van der Waals surface area contributed by atoms with Crippen molar-refractivity contribution in [2.75, 3.05) is 0 Å². The highest BCUT2D eigenvalue weighted by Crippen LogP contribution is 2.12. The predicted octanol–water partition coefficient (Wildman–Crippen LogP) is 9.36. The van der Waals surface area contributed by atoms with Gasteiger partial charge in [-0.15, -0.1) is 0 Å². The molecule has 8 heteroatoms. The van der Waals surface area contributed by atoms with E-state index in [9.17, 15) is 0 Å². The van der Waals surface area contributed by atoms with E-state index in [0.29, 0.717) is 0 Å². The maximum Gasteiger partial charge on any atom is 0.159 e. The van der Waals surface area contributed by atoms with E-state index in [1.165, 1.54) is 16.2 Å². The highest BCUT2D eigenvalue weighted by Gasteiger charge is 1.90. The molecular weight excluding hydrogens is 617 g/mol. The molecule has 0 aliphatic rings. The van der Waals surface area contributed by atoms with Gasteiger partial charge in [0.2, 0.25) is 0 Å². The molecule has 0 aliphatic heterocycles. The lowest BCUT2D eigenvalue weighted by Gasteiger charge is -1.92. The van der Waals surface area contributed by atoms with E-state index in [1.54, 1.807) is 49.6 Å². The van der Waals surface area contributed by atoms with Crippen LogP contribution < -0.4 is 0 Å². The van der Waals surface area contributed by atoms with Gasteiger partial charge in [-0.1, -0.05) is 72.8 Å². The number of hydrogen-bond acceptors (Lipinski definition) is 8. The molecule has 50 heavy (non-hydrogen) atoms. The standard InChI is InChI=1S/C10H8.4C8H6N2/c1-2-6-10-8-4-3-7-9(10)5-1;1-3-9-6-8-2-4-10-5-7(1)8;1-3-9-5-8-6-10-4-2-7(1)8;1-3-7-4-2-6-10-8(7)9-5-1;1-2-4-8-6-10-9-5-7(8)3-1/h1-8H;4*1-6H. The summed E-state index contributed by atoms with van der Waals surface area (Å²) in [4.78, 5) is 24.1. The van der Waals surface area contributed by atoms with Crippen molar-refractivity contribution in [1.82, 2.24) is 40.1 Å². The smallest absolute Gasteiger partial charge is 0.159 e. The van der Waals surface area contributed by atoms with Crippen LogP contribution in [-0.4, -0.2) is 40.1 Å². The molecule has 0 atom stereocenters. The molecule has 7 aromatic heterocycles. The third-order valence-electron chi connectivity index (χ3n) is 7.37. The van der Waals surface area contributed by atoms with Gasteiger partial charge < -0.3 is 0 Å². The molecule has 0 fully saturated rings. The summed E-state index contributed by atoms with van der Waals surface area (Å²) in [6, 6.07) is 40.4. The van der Waals surface area contributed by atoms with Crippen LogP contribution in [0.5, 0.6) is 0 Å². The first-order chi connectivity index (χ1) is 24.8. The quantitative estimate of drug-likeness (QED) is 0.160. The molecule has 0 saturated carbocycles. The van der Waals surface area contributed by atoms with Gasteiger partial charge in [0, 0.05) is 94.3 Å². The Bertz CT molecular complexity index is 1800. The van der Waals surface area contributed by atoms with Crippen LogP contribution in [0, 0.1) is 0 Å². The highest BCUT2D eigenvalue weighted by molar-refractivity contribution is 5.82. The first-order valence-corrected chi connectivity index (χ1v) is 15.9. The summed E-state index contributed by atoms with van der Waals surface area (Å²) >= 11 is 0. The van der Waals surface area contributed by atoms with Crippen molar-refractivity contribution in [3.8, 4) is 0 Å². The Morgan fingerprint density at radius 1 is 0.240 bits per heavy atom. The predicted molar refractivity (Wildman–Crippen MR) is 202 cm³/mol. The van der Waals surface area contributed by atoms with Crippen molar-refractivity contribution in [2.24, 2.45) is 0 Å². The van der Waals surface area contributed by atoms with Gasteiger partial charge in [-0.25, -0.2) is 9.97 Å². The summed E-state index contributed by atoms with van der Waals surface area (Å²) in [5.74, 6) is 0. The van der Waals surface area contributed by atoms with Gasteiger partial charge in [0.05, 0.1) is 12.4 Å².